The number of nitrogens with one attached hydrogen (secondary N) is 1. The molecular weight excluding hydrogens is 292 g/mol. The van der Waals surface area contributed by atoms with Crippen molar-refractivity contribution in [1.29, 1.82) is 0 Å². The van der Waals surface area contributed by atoms with Gasteiger partial charge in [0.15, 0.2) is 11.5 Å². The summed E-state index contributed by atoms with van der Waals surface area (Å²) in [6.07, 6.45) is 0.812. The standard InChI is InChI=1S/C18H24N2O3/c1-12-10-14(13(2)20(12)3)8-9-19-18(21)15-6-7-16(22-4)17(11-15)23-5/h6-7,10-11H,8-9H2,1-5H3,(H,19,21). The van der Waals surface area contributed by atoms with Gasteiger partial charge in [0.2, 0.25) is 0 Å². The Morgan fingerprint density at radius 2 is 1.83 bits per heavy atom. The number of aryl methyl sites for hydroxylation is 1. The molecule has 1 N–H and O–H groups in total. The number of nitrogens with zero attached hydrogens (tertiary/aromatic N) is 1. The van der Waals surface area contributed by atoms with Gasteiger partial charge in [-0.2, -0.15) is 0 Å². The zero-order valence-electron chi connectivity index (χ0n) is 14.4. The maximum absolute atomic E-state index is 12.2. The predicted molar refractivity (Wildman–Crippen MR) is 90.5 cm³/mol. The summed E-state index contributed by atoms with van der Waals surface area (Å²) in [7, 11) is 5.18. The molecule has 1 aromatic heterocycles. The third-order valence-corrected chi connectivity index (χ3v) is 4.21. The van der Waals surface area contributed by atoms with Crippen molar-refractivity contribution in [1.82, 2.24) is 9.88 Å². The van der Waals surface area contributed by atoms with E-state index in [1.54, 1.807) is 32.4 Å². The summed E-state index contributed by atoms with van der Waals surface area (Å²) in [5.74, 6) is 1.05. The van der Waals surface area contributed by atoms with Gasteiger partial charge in [0, 0.05) is 30.5 Å². The normalized spacial score (nSPS) is 10.5. The van der Waals surface area contributed by atoms with Gasteiger partial charge in [0.05, 0.1) is 14.2 Å². The molecule has 124 valence electrons. The van der Waals surface area contributed by atoms with Crippen molar-refractivity contribution in [3.05, 3.63) is 46.8 Å². The molecule has 0 aliphatic rings. The third kappa shape index (κ3) is 3.67. The number of carbonyl (C=O) groups is 1. The average molecular weight is 316 g/mol. The highest BCUT2D eigenvalue weighted by Gasteiger charge is 2.11. The molecule has 5 heteroatoms. The highest BCUT2D eigenvalue weighted by Crippen LogP contribution is 2.27. The highest BCUT2D eigenvalue weighted by molar-refractivity contribution is 5.94. The maximum atomic E-state index is 12.2. The van der Waals surface area contributed by atoms with Gasteiger partial charge in [0.1, 0.15) is 0 Å². The highest BCUT2D eigenvalue weighted by atomic mass is 16.5. The zero-order chi connectivity index (χ0) is 17.0. The van der Waals surface area contributed by atoms with Crippen LogP contribution in [0.5, 0.6) is 11.5 Å². The Bertz CT molecular complexity index is 705. The van der Waals surface area contributed by atoms with Gasteiger partial charge < -0.3 is 19.4 Å². The molecule has 0 unspecified atom stereocenters. The number of rotatable bonds is 6. The molecule has 1 amide bonds. The lowest BCUT2D eigenvalue weighted by atomic mass is 10.1. The van der Waals surface area contributed by atoms with Crippen molar-refractivity contribution in [3.63, 3.8) is 0 Å². The molecule has 23 heavy (non-hydrogen) atoms. The van der Waals surface area contributed by atoms with Gasteiger partial charge in [0.25, 0.3) is 5.91 Å². The van der Waals surface area contributed by atoms with Crippen LogP contribution < -0.4 is 14.8 Å². The smallest absolute Gasteiger partial charge is 0.251 e. The molecule has 0 atom stereocenters. The van der Waals surface area contributed by atoms with E-state index in [9.17, 15) is 4.79 Å². The summed E-state index contributed by atoms with van der Waals surface area (Å²) < 4.78 is 12.6. The molecule has 5 nitrogen and oxygen atoms in total. The molecule has 0 aliphatic carbocycles. The first-order chi connectivity index (χ1) is 11.0. The zero-order valence-corrected chi connectivity index (χ0v) is 14.4. The van der Waals surface area contributed by atoms with E-state index < -0.39 is 0 Å². The number of carbonyl (C=O) groups excluding carboxylic acids is 1. The fourth-order valence-electron chi connectivity index (χ4n) is 2.58. The lowest BCUT2D eigenvalue weighted by Crippen LogP contribution is -2.25. The van der Waals surface area contributed by atoms with Gasteiger partial charge in [-0.25, -0.2) is 0 Å². The van der Waals surface area contributed by atoms with Crippen LogP contribution in [0.1, 0.15) is 27.3 Å². The van der Waals surface area contributed by atoms with E-state index in [1.165, 1.54) is 17.0 Å². The summed E-state index contributed by atoms with van der Waals surface area (Å²) in [6, 6.07) is 7.32. The van der Waals surface area contributed by atoms with Crippen LogP contribution in [0.15, 0.2) is 24.3 Å². The van der Waals surface area contributed by atoms with Crippen molar-refractivity contribution in [2.45, 2.75) is 20.3 Å². The summed E-state index contributed by atoms with van der Waals surface area (Å²) in [5.41, 5.74) is 4.29. The lowest BCUT2D eigenvalue weighted by molar-refractivity contribution is 0.0953. The van der Waals surface area contributed by atoms with E-state index in [0.717, 1.165) is 6.42 Å². The third-order valence-electron chi connectivity index (χ3n) is 4.21. The van der Waals surface area contributed by atoms with Crippen molar-refractivity contribution in [2.75, 3.05) is 20.8 Å². The second kappa shape index (κ2) is 7.22. The minimum absolute atomic E-state index is 0.115. The van der Waals surface area contributed by atoms with Crippen LogP contribution in [-0.4, -0.2) is 31.2 Å². The Morgan fingerprint density at radius 3 is 2.39 bits per heavy atom. The van der Waals surface area contributed by atoms with Gasteiger partial charge in [-0.3, -0.25) is 4.79 Å². The maximum Gasteiger partial charge on any atom is 0.251 e. The fourth-order valence-corrected chi connectivity index (χ4v) is 2.58. The van der Waals surface area contributed by atoms with Crippen LogP contribution in [-0.2, 0) is 13.5 Å². The molecule has 0 bridgehead atoms. The van der Waals surface area contributed by atoms with E-state index in [1.807, 2.05) is 0 Å². The molecule has 0 radical (unpaired) electrons. The largest absolute Gasteiger partial charge is 0.493 e. The monoisotopic (exact) mass is 316 g/mol. The van der Waals surface area contributed by atoms with Crippen molar-refractivity contribution in [2.24, 2.45) is 7.05 Å². The number of benzene rings is 1. The molecule has 0 saturated heterocycles. The number of ether oxygens (including phenoxy) is 2. The minimum atomic E-state index is -0.115. The Hall–Kier alpha value is -2.43. The fraction of sp³-hybridized carbons (Fsp3) is 0.389. The van der Waals surface area contributed by atoms with Crippen molar-refractivity contribution >= 4 is 5.91 Å². The topological polar surface area (TPSA) is 52.5 Å². The SMILES string of the molecule is COc1ccc(C(=O)NCCc2cc(C)n(C)c2C)cc1OC. The predicted octanol–water partition coefficient (Wildman–Crippen LogP) is 2.63. The van der Waals surface area contributed by atoms with Crippen LogP contribution in [0.4, 0.5) is 0 Å². The molecule has 0 saturated carbocycles. The molecule has 0 fully saturated rings. The second-order valence-corrected chi connectivity index (χ2v) is 5.53. The Kier molecular flexibility index (Phi) is 5.32. The molecule has 1 aromatic carbocycles. The van der Waals surface area contributed by atoms with Crippen LogP contribution in [0.25, 0.3) is 0 Å². The number of hydrogen-bond donors (Lipinski definition) is 1. The van der Waals surface area contributed by atoms with E-state index >= 15 is 0 Å². The quantitative estimate of drug-likeness (QED) is 0.891. The summed E-state index contributed by atoms with van der Waals surface area (Å²) in [4.78, 5) is 12.2. The summed E-state index contributed by atoms with van der Waals surface area (Å²) >= 11 is 0. The van der Waals surface area contributed by atoms with Crippen molar-refractivity contribution < 1.29 is 14.3 Å². The molecular formula is C18H24N2O3. The number of amides is 1. The number of aromatic nitrogens is 1. The summed E-state index contributed by atoms with van der Waals surface area (Å²) in [5, 5.41) is 2.95. The van der Waals surface area contributed by atoms with Gasteiger partial charge >= 0.3 is 0 Å². The Labute approximate surface area is 137 Å². The van der Waals surface area contributed by atoms with Crippen LogP contribution in [0.2, 0.25) is 0 Å². The number of methoxy groups -OCH3 is 2. The van der Waals surface area contributed by atoms with E-state index in [-0.39, 0.29) is 5.91 Å². The Morgan fingerprint density at radius 1 is 1.13 bits per heavy atom. The van der Waals surface area contributed by atoms with Crippen LogP contribution in [0.3, 0.4) is 0 Å². The molecule has 2 aromatic rings. The van der Waals surface area contributed by atoms with Crippen molar-refractivity contribution in [3.8, 4) is 11.5 Å². The molecule has 2 rings (SSSR count). The molecule has 1 heterocycles. The summed E-state index contributed by atoms with van der Waals surface area (Å²) in [6.45, 7) is 4.77. The van der Waals surface area contributed by atoms with E-state index in [2.05, 4.69) is 36.8 Å². The van der Waals surface area contributed by atoms with Gasteiger partial charge in [-0.05, 0) is 50.1 Å². The Balaban J connectivity index is 1.98. The first-order valence-corrected chi connectivity index (χ1v) is 7.60. The van der Waals surface area contributed by atoms with Gasteiger partial charge in [-0.15, -0.1) is 0 Å². The van der Waals surface area contributed by atoms with Crippen LogP contribution in [0, 0.1) is 13.8 Å². The lowest BCUT2D eigenvalue weighted by Gasteiger charge is -2.10. The number of hydrogen-bond acceptors (Lipinski definition) is 3. The van der Waals surface area contributed by atoms with Gasteiger partial charge in [-0.1, -0.05) is 0 Å². The average Bonchev–Trinajstić information content (AvgIpc) is 2.81. The second-order valence-electron chi connectivity index (χ2n) is 5.53. The van der Waals surface area contributed by atoms with Crippen LogP contribution >= 0.6 is 0 Å². The minimum Gasteiger partial charge on any atom is -0.493 e. The first kappa shape index (κ1) is 16.9. The molecule has 0 spiro atoms. The molecule has 0 aliphatic heterocycles. The van der Waals surface area contributed by atoms with E-state index in [4.69, 9.17) is 9.47 Å². The first-order valence-electron chi connectivity index (χ1n) is 7.60. The van der Waals surface area contributed by atoms with E-state index in [0.29, 0.717) is 23.6 Å².